The van der Waals surface area contributed by atoms with Crippen molar-refractivity contribution in [3.63, 3.8) is 0 Å². The highest BCUT2D eigenvalue weighted by molar-refractivity contribution is 7.99. The van der Waals surface area contributed by atoms with E-state index in [1.54, 1.807) is 23.5 Å². The molecule has 4 aromatic carbocycles. The molecule has 5 heteroatoms. The summed E-state index contributed by atoms with van der Waals surface area (Å²) in [6.07, 6.45) is 1.23. The summed E-state index contributed by atoms with van der Waals surface area (Å²) in [5.41, 5.74) is 7.07. The third kappa shape index (κ3) is 4.59. The summed E-state index contributed by atoms with van der Waals surface area (Å²) in [5, 5.41) is 0. The fourth-order valence-electron chi connectivity index (χ4n) is 6.89. The largest absolute Gasteiger partial charge is 0.247 e. The molecular weight excluding hydrogens is 569 g/mol. The van der Waals surface area contributed by atoms with Gasteiger partial charge in [0, 0.05) is 31.4 Å². The lowest BCUT2D eigenvalue weighted by atomic mass is 9.89. The third-order valence-corrected chi connectivity index (χ3v) is 12.2. The fraction of sp³-hybridized carbons (Fsp3) is 0.189. The lowest BCUT2D eigenvalue weighted by molar-refractivity contribution is 0.464. The van der Waals surface area contributed by atoms with E-state index in [2.05, 4.69) is 123 Å². The van der Waals surface area contributed by atoms with E-state index in [1.165, 1.54) is 58.3 Å². The Hall–Kier alpha value is -3.38. The second-order valence-corrected chi connectivity index (χ2v) is 14.8. The van der Waals surface area contributed by atoms with E-state index in [9.17, 15) is 0 Å². The van der Waals surface area contributed by atoms with Gasteiger partial charge in [-0.2, -0.15) is 0 Å². The van der Waals surface area contributed by atoms with Crippen molar-refractivity contribution < 1.29 is 0 Å². The summed E-state index contributed by atoms with van der Waals surface area (Å²) in [6, 6.07) is 39.1. The van der Waals surface area contributed by atoms with E-state index < -0.39 is 0 Å². The molecule has 1 fully saturated rings. The molecule has 4 unspecified atom stereocenters. The molecule has 42 heavy (non-hydrogen) atoms. The van der Waals surface area contributed by atoms with Crippen molar-refractivity contribution in [3.05, 3.63) is 121 Å². The summed E-state index contributed by atoms with van der Waals surface area (Å²) in [4.78, 5) is 18.3. The van der Waals surface area contributed by atoms with Crippen LogP contribution in [0.5, 0.6) is 0 Å². The molecule has 0 spiro atoms. The zero-order valence-corrected chi connectivity index (χ0v) is 26.0. The topological polar surface area (TPSA) is 25.8 Å². The Labute approximate surface area is 259 Å². The predicted molar refractivity (Wildman–Crippen MR) is 178 cm³/mol. The Morgan fingerprint density at radius 3 is 1.52 bits per heavy atom. The van der Waals surface area contributed by atoms with E-state index in [4.69, 9.17) is 9.97 Å². The Morgan fingerprint density at radius 2 is 1.02 bits per heavy atom. The maximum Gasteiger partial charge on any atom is 0.108 e. The van der Waals surface area contributed by atoms with E-state index in [1.807, 2.05) is 11.3 Å². The predicted octanol–water partition coefficient (Wildman–Crippen LogP) is 11.2. The van der Waals surface area contributed by atoms with Gasteiger partial charge in [-0.25, -0.2) is 9.97 Å². The smallest absolute Gasteiger partial charge is 0.108 e. The molecule has 0 saturated heterocycles. The molecule has 2 aliphatic rings. The Kier molecular flexibility index (Phi) is 6.70. The van der Waals surface area contributed by atoms with Gasteiger partial charge in [0.25, 0.3) is 0 Å². The molecule has 2 aromatic heterocycles. The van der Waals surface area contributed by atoms with Gasteiger partial charge in [-0.05, 0) is 77.9 Å². The maximum atomic E-state index is 5.46. The molecule has 4 atom stereocenters. The SMILES string of the molecule is CC1CC2c3nc4c(-c5ccc(Sc6ccccc6)cc5)sc(-c5ccc(Sc6ccccc6)cc5)c4nc3C1C2C. The molecule has 8 rings (SSSR count). The highest BCUT2D eigenvalue weighted by Crippen LogP contribution is 2.59. The molecule has 0 radical (unpaired) electrons. The number of benzene rings is 4. The molecule has 0 aliphatic heterocycles. The van der Waals surface area contributed by atoms with Gasteiger partial charge in [0.1, 0.15) is 11.0 Å². The summed E-state index contributed by atoms with van der Waals surface area (Å²) in [7, 11) is 0. The zero-order chi connectivity index (χ0) is 28.2. The van der Waals surface area contributed by atoms with Gasteiger partial charge in [0.2, 0.25) is 0 Å². The van der Waals surface area contributed by atoms with Crippen molar-refractivity contribution in [2.45, 2.75) is 51.7 Å². The molecule has 2 heterocycles. The van der Waals surface area contributed by atoms with Crippen LogP contribution in [0, 0.1) is 11.8 Å². The Balaban J connectivity index is 1.21. The average molecular weight is 599 g/mol. The van der Waals surface area contributed by atoms with Gasteiger partial charge in [0.15, 0.2) is 0 Å². The van der Waals surface area contributed by atoms with Crippen LogP contribution >= 0.6 is 34.9 Å². The first-order valence-electron chi connectivity index (χ1n) is 14.6. The lowest BCUT2D eigenvalue weighted by Crippen LogP contribution is -2.11. The first-order valence-corrected chi connectivity index (χ1v) is 17.1. The van der Waals surface area contributed by atoms with Gasteiger partial charge in [-0.15, -0.1) is 11.3 Å². The molecule has 206 valence electrons. The van der Waals surface area contributed by atoms with Gasteiger partial charge < -0.3 is 0 Å². The van der Waals surface area contributed by atoms with Gasteiger partial charge >= 0.3 is 0 Å². The van der Waals surface area contributed by atoms with Crippen molar-refractivity contribution in [2.24, 2.45) is 11.8 Å². The van der Waals surface area contributed by atoms with Gasteiger partial charge in [-0.3, -0.25) is 0 Å². The molecule has 2 bridgehead atoms. The fourth-order valence-corrected chi connectivity index (χ4v) is 9.76. The first kappa shape index (κ1) is 26.3. The summed E-state index contributed by atoms with van der Waals surface area (Å²) < 4.78 is 0. The number of thiophene rings is 1. The van der Waals surface area contributed by atoms with Crippen molar-refractivity contribution in [3.8, 4) is 20.9 Å². The van der Waals surface area contributed by atoms with Crippen molar-refractivity contribution in [1.29, 1.82) is 0 Å². The normalized spacial score (nSPS) is 20.7. The van der Waals surface area contributed by atoms with Gasteiger partial charge in [0.05, 0.1) is 21.1 Å². The quantitative estimate of drug-likeness (QED) is 0.190. The lowest BCUT2D eigenvalue weighted by Gasteiger charge is -2.19. The van der Waals surface area contributed by atoms with Crippen molar-refractivity contribution >= 4 is 45.9 Å². The first-order chi connectivity index (χ1) is 20.6. The monoisotopic (exact) mass is 598 g/mol. The maximum absolute atomic E-state index is 5.46. The summed E-state index contributed by atoms with van der Waals surface area (Å²) in [5.74, 6) is 2.36. The van der Waals surface area contributed by atoms with Crippen LogP contribution < -0.4 is 0 Å². The standard InChI is InChI=1S/C37H30N2S3/c1-22-21-30-23(2)31(22)33-32(30)38-34-35(39-33)37(25-15-19-29(20-16-25)41-27-11-7-4-8-12-27)42-36(34)24-13-17-28(18-14-24)40-26-9-5-3-6-10-26/h3-20,22-23,30-31H,21H2,1-2H3. The zero-order valence-electron chi connectivity index (χ0n) is 23.5. The van der Waals surface area contributed by atoms with E-state index >= 15 is 0 Å². The second kappa shape index (κ2) is 10.7. The van der Waals surface area contributed by atoms with E-state index in [0.717, 1.165) is 11.0 Å². The number of rotatable bonds is 6. The van der Waals surface area contributed by atoms with Crippen LogP contribution in [0.2, 0.25) is 0 Å². The highest BCUT2D eigenvalue weighted by Gasteiger charge is 2.50. The minimum Gasteiger partial charge on any atom is -0.247 e. The van der Waals surface area contributed by atoms with Crippen LogP contribution in [-0.2, 0) is 0 Å². The van der Waals surface area contributed by atoms with Crippen LogP contribution in [0.25, 0.3) is 31.9 Å². The molecule has 1 saturated carbocycles. The molecule has 0 N–H and O–H groups in total. The highest BCUT2D eigenvalue weighted by atomic mass is 32.2. The molecule has 2 nitrogen and oxygen atoms in total. The van der Waals surface area contributed by atoms with Crippen LogP contribution in [0.1, 0.15) is 43.5 Å². The van der Waals surface area contributed by atoms with Crippen LogP contribution in [-0.4, -0.2) is 9.97 Å². The number of fused-ring (bicyclic) bond motifs is 6. The van der Waals surface area contributed by atoms with Gasteiger partial charge in [-0.1, -0.05) is 98.0 Å². The second-order valence-electron chi connectivity index (χ2n) is 11.5. The van der Waals surface area contributed by atoms with Crippen molar-refractivity contribution in [2.75, 3.05) is 0 Å². The minimum absolute atomic E-state index is 0.525. The summed E-state index contributed by atoms with van der Waals surface area (Å²) in [6.45, 7) is 4.80. The molecular formula is C37H30N2S3. The third-order valence-electron chi connectivity index (χ3n) is 8.88. The Morgan fingerprint density at radius 1 is 0.571 bits per heavy atom. The number of hydrogen-bond donors (Lipinski definition) is 0. The molecule has 2 aliphatic carbocycles. The van der Waals surface area contributed by atoms with Crippen LogP contribution in [0.15, 0.2) is 129 Å². The molecule has 0 amide bonds. The van der Waals surface area contributed by atoms with E-state index in [-0.39, 0.29) is 0 Å². The number of aromatic nitrogens is 2. The van der Waals surface area contributed by atoms with Crippen LogP contribution in [0.4, 0.5) is 0 Å². The number of hydrogen-bond acceptors (Lipinski definition) is 5. The van der Waals surface area contributed by atoms with Crippen molar-refractivity contribution in [1.82, 2.24) is 9.97 Å². The Bertz CT molecular complexity index is 1880. The summed E-state index contributed by atoms with van der Waals surface area (Å²) >= 11 is 5.43. The van der Waals surface area contributed by atoms with E-state index in [0.29, 0.717) is 23.7 Å². The molecule has 6 aromatic rings. The minimum atomic E-state index is 0.525. The van der Waals surface area contributed by atoms with Crippen LogP contribution in [0.3, 0.4) is 0 Å². The average Bonchev–Trinajstić information content (AvgIpc) is 3.63. The number of nitrogens with zero attached hydrogens (tertiary/aromatic N) is 2.